The Labute approximate surface area is 204 Å². The molecule has 2 aliphatic heterocycles. The van der Waals surface area contributed by atoms with Gasteiger partial charge in [-0.3, -0.25) is 4.90 Å². The van der Waals surface area contributed by atoms with E-state index in [1.807, 2.05) is 12.1 Å². The van der Waals surface area contributed by atoms with Crippen LogP contribution in [0.5, 0.6) is 5.88 Å². The molecule has 0 saturated carbocycles. The van der Waals surface area contributed by atoms with Gasteiger partial charge >= 0.3 is 0 Å². The molecule has 2 saturated heterocycles. The zero-order valence-electron chi connectivity index (χ0n) is 19.5. The van der Waals surface area contributed by atoms with E-state index >= 15 is 0 Å². The van der Waals surface area contributed by atoms with Crippen molar-refractivity contribution in [2.24, 2.45) is 0 Å². The highest BCUT2D eigenvalue weighted by Crippen LogP contribution is 2.33. The average Bonchev–Trinajstić information content (AvgIpc) is 3.43. The van der Waals surface area contributed by atoms with Crippen LogP contribution in [-0.4, -0.2) is 92.6 Å². The van der Waals surface area contributed by atoms with Crippen molar-refractivity contribution in [3.63, 3.8) is 0 Å². The first-order chi connectivity index (χ1) is 17.5. The number of alkyl halides is 3. The molecule has 0 bridgehead atoms. The predicted octanol–water partition coefficient (Wildman–Crippen LogP) is 2.64. The lowest BCUT2D eigenvalue weighted by atomic mass is 10.0. The van der Waals surface area contributed by atoms with Crippen molar-refractivity contribution in [3.05, 3.63) is 30.5 Å². The lowest BCUT2D eigenvalue weighted by Gasteiger charge is -2.42. The molecular formula is C23H25F3N8O2. The van der Waals surface area contributed by atoms with Crippen LogP contribution in [0.2, 0.25) is 0 Å². The van der Waals surface area contributed by atoms with Crippen LogP contribution in [0, 0.1) is 0 Å². The van der Waals surface area contributed by atoms with Gasteiger partial charge in [0.05, 0.1) is 37.9 Å². The van der Waals surface area contributed by atoms with E-state index in [0.717, 1.165) is 17.7 Å². The van der Waals surface area contributed by atoms with Gasteiger partial charge in [0.2, 0.25) is 11.8 Å². The van der Waals surface area contributed by atoms with E-state index in [9.17, 15) is 13.2 Å². The predicted molar refractivity (Wildman–Crippen MR) is 125 cm³/mol. The molecule has 5 heterocycles. The fourth-order valence-corrected chi connectivity index (χ4v) is 4.85. The Morgan fingerprint density at radius 2 is 2.11 bits per heavy atom. The molecule has 0 unspecified atom stereocenters. The van der Waals surface area contributed by atoms with Crippen molar-refractivity contribution in [1.29, 1.82) is 0 Å². The summed E-state index contributed by atoms with van der Waals surface area (Å²) in [5.74, 6) is 0.579. The van der Waals surface area contributed by atoms with Gasteiger partial charge in [0.15, 0.2) is 0 Å². The zero-order valence-corrected chi connectivity index (χ0v) is 19.5. The molecule has 190 valence electrons. The number of halogens is 3. The van der Waals surface area contributed by atoms with Crippen molar-refractivity contribution in [3.8, 4) is 17.0 Å². The third-order valence-corrected chi connectivity index (χ3v) is 6.83. The minimum Gasteiger partial charge on any atom is -0.479 e. The Bertz CT molecular complexity index is 1390. The molecule has 0 spiro atoms. The van der Waals surface area contributed by atoms with Crippen molar-refractivity contribution < 1.29 is 22.6 Å². The molecule has 2 atom stereocenters. The highest BCUT2D eigenvalue weighted by Gasteiger charge is 2.35. The molecule has 2 fully saturated rings. The summed E-state index contributed by atoms with van der Waals surface area (Å²) in [7, 11) is 1.50. The molecule has 0 aliphatic carbocycles. The fraction of sp³-hybridized carbons (Fsp3) is 0.478. The molecule has 6 rings (SSSR count). The molecule has 1 aromatic carbocycles. The van der Waals surface area contributed by atoms with E-state index in [1.54, 1.807) is 22.8 Å². The number of piperidine rings is 1. The number of benzene rings is 1. The molecule has 2 aliphatic rings. The molecule has 0 amide bonds. The summed E-state index contributed by atoms with van der Waals surface area (Å²) < 4.78 is 54.4. The maximum Gasteiger partial charge on any atom is 0.258 e. The summed E-state index contributed by atoms with van der Waals surface area (Å²) in [5, 5.41) is 15.5. The van der Waals surface area contributed by atoms with Gasteiger partial charge < -0.3 is 14.8 Å². The molecule has 0 radical (unpaired) electrons. The Morgan fingerprint density at radius 3 is 2.83 bits per heavy atom. The van der Waals surface area contributed by atoms with Gasteiger partial charge in [-0.05, 0) is 30.2 Å². The number of aromatic nitrogens is 6. The molecule has 4 aromatic rings. The highest BCUT2D eigenvalue weighted by atomic mass is 19.3. The highest BCUT2D eigenvalue weighted by molar-refractivity contribution is 5.89. The summed E-state index contributed by atoms with van der Waals surface area (Å²) >= 11 is 0. The number of nitrogens with zero attached hydrogens (tertiary/aromatic N) is 7. The molecular weight excluding hydrogens is 477 g/mol. The summed E-state index contributed by atoms with van der Waals surface area (Å²) in [5.41, 5.74) is 3.13. The molecule has 13 heteroatoms. The maximum atomic E-state index is 14.9. The Morgan fingerprint density at radius 1 is 1.25 bits per heavy atom. The zero-order chi connectivity index (χ0) is 24.8. The van der Waals surface area contributed by atoms with Crippen LogP contribution in [0.1, 0.15) is 6.42 Å². The van der Waals surface area contributed by atoms with Gasteiger partial charge in [-0.1, -0.05) is 11.3 Å². The Balaban J connectivity index is 1.28. The molecule has 36 heavy (non-hydrogen) atoms. The van der Waals surface area contributed by atoms with Crippen molar-refractivity contribution in [2.45, 2.75) is 37.6 Å². The van der Waals surface area contributed by atoms with E-state index < -0.39 is 25.2 Å². The van der Waals surface area contributed by atoms with Crippen LogP contribution >= 0.6 is 0 Å². The van der Waals surface area contributed by atoms with Gasteiger partial charge in [0.1, 0.15) is 23.7 Å². The van der Waals surface area contributed by atoms with Gasteiger partial charge in [-0.2, -0.15) is 4.98 Å². The molecule has 10 nitrogen and oxygen atoms in total. The number of anilines is 1. The Hall–Kier alpha value is -3.45. The number of likely N-dealkylation sites (tertiary alicyclic amines) is 1. The second-order valence-corrected chi connectivity index (χ2v) is 9.08. The van der Waals surface area contributed by atoms with Crippen LogP contribution in [-0.2, 0) is 11.3 Å². The largest absolute Gasteiger partial charge is 0.479 e. The second kappa shape index (κ2) is 9.21. The van der Waals surface area contributed by atoms with Crippen molar-refractivity contribution in [1.82, 2.24) is 34.5 Å². The third kappa shape index (κ3) is 4.11. The minimum absolute atomic E-state index is 0.268. The van der Waals surface area contributed by atoms with E-state index in [-0.39, 0.29) is 5.95 Å². The first kappa shape index (κ1) is 23.0. The first-order valence-electron chi connectivity index (χ1n) is 11.8. The lowest BCUT2D eigenvalue weighted by Crippen LogP contribution is -2.57. The summed E-state index contributed by atoms with van der Waals surface area (Å²) in [6.07, 6.45) is -1.23. The third-order valence-electron chi connectivity index (χ3n) is 6.83. The normalized spacial score (nSPS) is 21.4. The van der Waals surface area contributed by atoms with E-state index in [4.69, 9.17) is 9.47 Å². The maximum absolute atomic E-state index is 14.9. The number of hydrogen-bond donors (Lipinski definition) is 1. The Kier molecular flexibility index (Phi) is 5.88. The van der Waals surface area contributed by atoms with Crippen LogP contribution in [0.4, 0.5) is 19.1 Å². The smallest absolute Gasteiger partial charge is 0.258 e. The average molecular weight is 503 g/mol. The quantitative estimate of drug-likeness (QED) is 0.412. The van der Waals surface area contributed by atoms with Gasteiger partial charge in [0.25, 0.3) is 6.43 Å². The van der Waals surface area contributed by atoms with Crippen LogP contribution < -0.4 is 10.1 Å². The molecule has 1 N–H and O–H groups in total. The topological polar surface area (TPSA) is 94.6 Å². The van der Waals surface area contributed by atoms with Crippen molar-refractivity contribution >= 4 is 22.5 Å². The van der Waals surface area contributed by atoms with Crippen molar-refractivity contribution in [2.75, 3.05) is 38.7 Å². The van der Waals surface area contributed by atoms with Gasteiger partial charge in [-0.25, -0.2) is 22.4 Å². The minimum atomic E-state index is -2.54. The summed E-state index contributed by atoms with van der Waals surface area (Å²) in [4.78, 5) is 6.64. The second-order valence-electron chi connectivity index (χ2n) is 9.08. The summed E-state index contributed by atoms with van der Waals surface area (Å²) in [6, 6.07) is 7.06. The van der Waals surface area contributed by atoms with Crippen LogP contribution in [0.15, 0.2) is 30.5 Å². The number of nitrogens with one attached hydrogen (secondary N) is 1. The van der Waals surface area contributed by atoms with E-state index in [0.29, 0.717) is 54.7 Å². The standard InChI is InChI=1S/C23H25F3N8O2/c1-35-22-21-15(13-2-3-18-19(8-13)34(31-29-18)10-20(25)26)4-7-33(21)30-23(28-22)27-17-5-6-32(9-16(17)24)14-11-36-12-14/h2-4,7-8,14,16-17,20H,5-6,9-12H2,1H3,(H,27,30)/t16-,17-/m0/s1. The number of fused-ring (bicyclic) bond motifs is 2. The summed E-state index contributed by atoms with van der Waals surface area (Å²) in [6.45, 7) is 1.91. The number of hydrogen-bond acceptors (Lipinski definition) is 8. The number of rotatable bonds is 7. The lowest BCUT2D eigenvalue weighted by molar-refractivity contribution is -0.0794. The molecule has 3 aromatic heterocycles. The van der Waals surface area contributed by atoms with Gasteiger partial charge in [0, 0.05) is 24.8 Å². The van der Waals surface area contributed by atoms with Crippen LogP contribution in [0.25, 0.3) is 27.7 Å². The number of methoxy groups -OCH3 is 1. The fourth-order valence-electron chi connectivity index (χ4n) is 4.85. The number of ether oxygens (including phenoxy) is 2. The SMILES string of the molecule is COc1nc(N[C@H]2CCN(C3COC3)C[C@@H]2F)nn2ccc(-c3ccc4nnn(CC(F)F)c4c3)c12. The first-order valence-corrected chi connectivity index (χ1v) is 11.8. The van der Waals surface area contributed by atoms with Crippen LogP contribution in [0.3, 0.4) is 0 Å². The monoisotopic (exact) mass is 502 g/mol. The van der Waals surface area contributed by atoms with E-state index in [2.05, 4.69) is 30.6 Å². The van der Waals surface area contributed by atoms with Gasteiger partial charge in [-0.15, -0.1) is 10.2 Å². The van der Waals surface area contributed by atoms with E-state index in [1.165, 1.54) is 11.8 Å².